The van der Waals surface area contributed by atoms with Crippen LogP contribution < -0.4 is 5.32 Å². The van der Waals surface area contributed by atoms with E-state index in [4.69, 9.17) is 4.74 Å². The Morgan fingerprint density at radius 3 is 2.75 bits per heavy atom. The van der Waals surface area contributed by atoms with Crippen molar-refractivity contribution >= 4 is 11.3 Å². The first-order chi connectivity index (χ1) is 7.81. The molecule has 0 aliphatic carbocycles. The summed E-state index contributed by atoms with van der Waals surface area (Å²) in [7, 11) is 2.03. The van der Waals surface area contributed by atoms with E-state index >= 15 is 0 Å². The average molecular weight is 241 g/mol. The van der Waals surface area contributed by atoms with Crippen LogP contribution in [0.1, 0.15) is 31.6 Å². The van der Waals surface area contributed by atoms with Gasteiger partial charge in [0, 0.05) is 17.5 Å². The maximum Gasteiger partial charge on any atom is 0.0731 e. The van der Waals surface area contributed by atoms with Gasteiger partial charge in [0.05, 0.1) is 6.10 Å². The molecular formula is C13H23NOS. The van der Waals surface area contributed by atoms with Crippen LogP contribution in [0.5, 0.6) is 0 Å². The third-order valence-corrected chi connectivity index (χ3v) is 3.67. The predicted octanol–water partition coefficient (Wildman–Crippen LogP) is 3.08. The minimum atomic E-state index is 0.335. The zero-order chi connectivity index (χ0) is 11.8. The molecule has 0 saturated carbocycles. The molecule has 0 aromatic carbocycles. The van der Waals surface area contributed by atoms with Crippen molar-refractivity contribution in [2.75, 3.05) is 13.7 Å². The van der Waals surface area contributed by atoms with Crippen molar-refractivity contribution in [3.05, 3.63) is 22.4 Å². The molecule has 1 aromatic rings. The van der Waals surface area contributed by atoms with Crippen LogP contribution in [0.15, 0.2) is 17.5 Å². The maximum atomic E-state index is 5.83. The molecule has 2 atom stereocenters. The lowest BCUT2D eigenvalue weighted by Crippen LogP contribution is -2.41. The van der Waals surface area contributed by atoms with Crippen molar-refractivity contribution in [3.63, 3.8) is 0 Å². The minimum absolute atomic E-state index is 0.335. The first-order valence-electron chi connectivity index (χ1n) is 6.13. The van der Waals surface area contributed by atoms with Crippen molar-refractivity contribution in [3.8, 4) is 0 Å². The Labute approximate surface area is 103 Å². The molecule has 2 unspecified atom stereocenters. The Kier molecular flexibility index (Phi) is 6.69. The van der Waals surface area contributed by atoms with Crippen LogP contribution in [0.2, 0.25) is 0 Å². The molecule has 0 fully saturated rings. The zero-order valence-electron chi connectivity index (χ0n) is 10.5. The van der Waals surface area contributed by atoms with Crippen LogP contribution >= 0.6 is 11.3 Å². The second-order valence-corrected chi connectivity index (χ2v) is 4.99. The van der Waals surface area contributed by atoms with Crippen LogP contribution in [0.3, 0.4) is 0 Å². The Bertz CT molecular complexity index is 255. The molecule has 2 nitrogen and oxygen atoms in total. The maximum absolute atomic E-state index is 5.83. The van der Waals surface area contributed by atoms with E-state index in [0.717, 1.165) is 19.4 Å². The summed E-state index contributed by atoms with van der Waals surface area (Å²) in [4.78, 5) is 1.43. The summed E-state index contributed by atoms with van der Waals surface area (Å²) in [6.45, 7) is 5.08. The van der Waals surface area contributed by atoms with E-state index in [1.54, 1.807) is 0 Å². The van der Waals surface area contributed by atoms with Crippen molar-refractivity contribution in [1.82, 2.24) is 5.32 Å². The third-order valence-electron chi connectivity index (χ3n) is 2.77. The van der Waals surface area contributed by atoms with Gasteiger partial charge in [-0.05, 0) is 38.3 Å². The van der Waals surface area contributed by atoms with Gasteiger partial charge < -0.3 is 10.1 Å². The highest BCUT2D eigenvalue weighted by atomic mass is 32.1. The molecule has 0 radical (unpaired) electrons. The molecule has 0 amide bonds. The van der Waals surface area contributed by atoms with Crippen molar-refractivity contribution in [2.45, 2.75) is 45.3 Å². The first-order valence-corrected chi connectivity index (χ1v) is 7.01. The number of hydrogen-bond donors (Lipinski definition) is 1. The van der Waals surface area contributed by atoms with E-state index in [-0.39, 0.29) is 0 Å². The summed E-state index contributed by atoms with van der Waals surface area (Å²) in [5, 5.41) is 5.53. The topological polar surface area (TPSA) is 21.3 Å². The quantitative estimate of drug-likeness (QED) is 0.755. The Balaban J connectivity index is 2.55. The van der Waals surface area contributed by atoms with E-state index in [1.165, 1.54) is 11.3 Å². The molecule has 16 heavy (non-hydrogen) atoms. The van der Waals surface area contributed by atoms with Gasteiger partial charge in [0.2, 0.25) is 0 Å². The molecule has 1 N–H and O–H groups in total. The highest BCUT2D eigenvalue weighted by Gasteiger charge is 2.20. The monoisotopic (exact) mass is 241 g/mol. The molecule has 1 rings (SSSR count). The van der Waals surface area contributed by atoms with Crippen LogP contribution in [0, 0.1) is 0 Å². The Morgan fingerprint density at radius 2 is 2.25 bits per heavy atom. The molecule has 1 aromatic heterocycles. The fraction of sp³-hybridized carbons (Fsp3) is 0.692. The van der Waals surface area contributed by atoms with Crippen molar-refractivity contribution in [1.29, 1.82) is 0 Å². The molecule has 0 aliphatic rings. The number of hydrogen-bond acceptors (Lipinski definition) is 3. The van der Waals surface area contributed by atoms with Gasteiger partial charge in [-0.2, -0.15) is 0 Å². The summed E-state index contributed by atoms with van der Waals surface area (Å²) in [6, 6.07) is 4.74. The average Bonchev–Trinajstić information content (AvgIpc) is 2.78. The number of rotatable bonds is 8. The summed E-state index contributed by atoms with van der Waals surface area (Å²) < 4.78 is 5.83. The lowest BCUT2D eigenvalue weighted by molar-refractivity contribution is 0.0303. The first kappa shape index (κ1) is 13.7. The summed E-state index contributed by atoms with van der Waals surface area (Å²) >= 11 is 1.82. The van der Waals surface area contributed by atoms with E-state index < -0.39 is 0 Å². The van der Waals surface area contributed by atoms with E-state index in [0.29, 0.717) is 12.1 Å². The molecule has 0 aliphatic heterocycles. The SMILES string of the molecule is CCCC(OCC)C(Cc1cccs1)NC. The van der Waals surface area contributed by atoms with Gasteiger partial charge in [0.1, 0.15) is 0 Å². The normalized spacial score (nSPS) is 14.9. The molecular weight excluding hydrogens is 218 g/mol. The van der Waals surface area contributed by atoms with Gasteiger partial charge in [-0.25, -0.2) is 0 Å². The van der Waals surface area contributed by atoms with Gasteiger partial charge >= 0.3 is 0 Å². The lowest BCUT2D eigenvalue weighted by atomic mass is 10.0. The number of thiophene rings is 1. The largest absolute Gasteiger partial charge is 0.377 e. The van der Waals surface area contributed by atoms with Gasteiger partial charge in [-0.1, -0.05) is 19.4 Å². The third kappa shape index (κ3) is 4.24. The number of nitrogens with one attached hydrogen (secondary N) is 1. The molecule has 0 bridgehead atoms. The fourth-order valence-electron chi connectivity index (χ4n) is 1.96. The van der Waals surface area contributed by atoms with Crippen LogP contribution in [-0.2, 0) is 11.2 Å². The molecule has 0 saturated heterocycles. The highest BCUT2D eigenvalue weighted by molar-refractivity contribution is 7.09. The smallest absolute Gasteiger partial charge is 0.0731 e. The van der Waals surface area contributed by atoms with Crippen LogP contribution in [0.4, 0.5) is 0 Å². The van der Waals surface area contributed by atoms with E-state index in [9.17, 15) is 0 Å². The lowest BCUT2D eigenvalue weighted by Gasteiger charge is -2.26. The summed E-state index contributed by atoms with van der Waals surface area (Å²) in [5.41, 5.74) is 0. The molecule has 3 heteroatoms. The summed E-state index contributed by atoms with van der Waals surface area (Å²) in [5.74, 6) is 0. The molecule has 1 heterocycles. The van der Waals surface area contributed by atoms with Crippen molar-refractivity contribution in [2.24, 2.45) is 0 Å². The van der Waals surface area contributed by atoms with Gasteiger partial charge in [-0.3, -0.25) is 0 Å². The van der Waals surface area contributed by atoms with Crippen LogP contribution in [0.25, 0.3) is 0 Å². The van der Waals surface area contributed by atoms with Gasteiger partial charge in [-0.15, -0.1) is 11.3 Å². The van der Waals surface area contributed by atoms with Gasteiger partial charge in [0.25, 0.3) is 0 Å². The minimum Gasteiger partial charge on any atom is -0.377 e. The standard InChI is InChI=1S/C13H23NOS/c1-4-7-13(15-5-2)12(14-3)10-11-8-6-9-16-11/h6,8-9,12-14H,4-5,7,10H2,1-3H3. The number of ether oxygens (including phenoxy) is 1. The Hall–Kier alpha value is -0.380. The second kappa shape index (κ2) is 7.82. The van der Waals surface area contributed by atoms with Crippen LogP contribution in [-0.4, -0.2) is 25.8 Å². The second-order valence-electron chi connectivity index (χ2n) is 3.96. The highest BCUT2D eigenvalue weighted by Crippen LogP contribution is 2.16. The predicted molar refractivity (Wildman–Crippen MR) is 71.2 cm³/mol. The molecule has 92 valence electrons. The van der Waals surface area contributed by atoms with Crippen molar-refractivity contribution < 1.29 is 4.74 Å². The van der Waals surface area contributed by atoms with E-state index in [1.807, 2.05) is 18.4 Å². The molecule has 0 spiro atoms. The van der Waals surface area contributed by atoms with E-state index in [2.05, 4.69) is 36.7 Å². The van der Waals surface area contributed by atoms with Gasteiger partial charge in [0.15, 0.2) is 0 Å². The summed E-state index contributed by atoms with van der Waals surface area (Å²) in [6.07, 6.45) is 3.71. The fourth-order valence-corrected chi connectivity index (χ4v) is 2.73. The number of likely N-dealkylation sites (N-methyl/N-ethyl adjacent to an activating group) is 1. The zero-order valence-corrected chi connectivity index (χ0v) is 11.3. The Morgan fingerprint density at radius 1 is 1.44 bits per heavy atom.